The Labute approximate surface area is 257 Å². The van der Waals surface area contributed by atoms with Crippen molar-refractivity contribution in [3.05, 3.63) is 168 Å². The number of hydrogen-bond acceptors (Lipinski definition) is 6. The van der Waals surface area contributed by atoms with Crippen molar-refractivity contribution in [1.29, 1.82) is 0 Å². The van der Waals surface area contributed by atoms with Crippen LogP contribution in [-0.4, -0.2) is 28.9 Å². The van der Waals surface area contributed by atoms with Crippen molar-refractivity contribution in [2.45, 2.75) is 6.61 Å². The van der Waals surface area contributed by atoms with E-state index >= 15 is 0 Å². The summed E-state index contributed by atoms with van der Waals surface area (Å²) in [4.78, 5) is 18.4. The minimum atomic E-state index is 0.286. The molecule has 6 heteroatoms. The van der Waals surface area contributed by atoms with Gasteiger partial charge in [-0.3, -0.25) is 9.98 Å². The molecule has 0 amide bonds. The molecular formula is C38H31N5O. The Morgan fingerprint density at radius 1 is 0.727 bits per heavy atom. The number of aliphatic imine (C=N–C) groups is 2. The smallest absolute Gasteiger partial charge is 0.130 e. The number of allylic oxidation sites excluding steroid dienone is 1. The summed E-state index contributed by atoms with van der Waals surface area (Å²) >= 11 is 0. The van der Waals surface area contributed by atoms with Gasteiger partial charge in [-0.2, -0.15) is 0 Å². The highest BCUT2D eigenvalue weighted by molar-refractivity contribution is 6.18. The number of rotatable bonds is 9. The number of nitrogens with two attached hydrogens (primary N) is 1. The number of aromatic nitrogens is 2. The normalized spacial score (nSPS) is 11.8. The van der Waals surface area contributed by atoms with Crippen LogP contribution in [-0.2, 0) is 6.61 Å². The van der Waals surface area contributed by atoms with Crippen molar-refractivity contribution in [3.63, 3.8) is 0 Å². The molecule has 0 unspecified atom stereocenters. The summed E-state index contributed by atoms with van der Waals surface area (Å²) in [6.45, 7) is 0.286. The van der Waals surface area contributed by atoms with E-state index in [1.54, 1.807) is 25.7 Å². The van der Waals surface area contributed by atoms with Gasteiger partial charge in [0.2, 0.25) is 0 Å². The molecule has 0 radical (unpaired) electrons. The molecule has 6 rings (SSSR count). The number of nitrogens with zero attached hydrogens (tertiary/aromatic N) is 4. The number of benzene rings is 4. The third kappa shape index (κ3) is 6.45. The highest BCUT2D eigenvalue weighted by Crippen LogP contribution is 2.29. The molecule has 0 saturated heterocycles. The fourth-order valence-corrected chi connectivity index (χ4v) is 4.99. The molecular weight excluding hydrogens is 542 g/mol. The lowest BCUT2D eigenvalue weighted by atomic mass is 10.0. The first kappa shape index (κ1) is 28.2. The molecule has 6 aromatic rings. The molecule has 4 aromatic carbocycles. The SMILES string of the molecule is CN=CC(=C(N)c1ccc(OCc2cc(N=C(c3ccccc3)c3ccccc3)c3ccccc3n2)cc1)c1ccncc1. The number of hydrogen-bond donors (Lipinski definition) is 1. The molecule has 2 heterocycles. The second-order valence-electron chi connectivity index (χ2n) is 10.1. The average molecular weight is 574 g/mol. The van der Waals surface area contributed by atoms with Crippen LogP contribution in [0.3, 0.4) is 0 Å². The molecule has 0 aliphatic carbocycles. The van der Waals surface area contributed by atoms with E-state index in [0.717, 1.165) is 55.8 Å². The van der Waals surface area contributed by atoms with Gasteiger partial charge >= 0.3 is 0 Å². The summed E-state index contributed by atoms with van der Waals surface area (Å²) in [6, 6.07) is 42.1. The second-order valence-corrected chi connectivity index (χ2v) is 10.1. The monoisotopic (exact) mass is 573 g/mol. The van der Waals surface area contributed by atoms with Gasteiger partial charge in [0.1, 0.15) is 12.4 Å². The molecule has 0 bridgehead atoms. The van der Waals surface area contributed by atoms with Crippen molar-refractivity contribution in [3.8, 4) is 5.75 Å². The Bertz CT molecular complexity index is 1910. The lowest BCUT2D eigenvalue weighted by Crippen LogP contribution is -2.04. The third-order valence-electron chi connectivity index (χ3n) is 7.17. The van der Waals surface area contributed by atoms with Crippen LogP contribution in [0.5, 0.6) is 5.75 Å². The standard InChI is InChI=1S/C38H31N5O/c1-40-25-34(27-20-22-41-23-21-27)37(39)28-16-18-32(19-17-28)44-26-31-24-36(33-14-8-9-15-35(33)42-31)43-38(29-10-4-2-5-11-29)30-12-6-3-7-13-30/h2-25H,26,39H2,1H3. The summed E-state index contributed by atoms with van der Waals surface area (Å²) in [5.41, 5.74) is 15.3. The Kier molecular flexibility index (Phi) is 8.60. The maximum absolute atomic E-state index is 6.57. The summed E-state index contributed by atoms with van der Waals surface area (Å²) in [6.07, 6.45) is 5.25. The molecule has 0 aliphatic rings. The van der Waals surface area contributed by atoms with E-state index in [1.807, 2.05) is 97.1 Å². The van der Waals surface area contributed by atoms with Gasteiger partial charge in [-0.15, -0.1) is 0 Å². The Balaban J connectivity index is 1.30. The zero-order valence-electron chi connectivity index (χ0n) is 24.3. The fourth-order valence-electron chi connectivity index (χ4n) is 4.99. The molecule has 2 aromatic heterocycles. The Morgan fingerprint density at radius 2 is 1.36 bits per heavy atom. The van der Waals surface area contributed by atoms with Gasteiger partial charge in [0.15, 0.2) is 0 Å². The van der Waals surface area contributed by atoms with Crippen LogP contribution in [0.1, 0.15) is 27.9 Å². The topological polar surface area (TPSA) is 85.8 Å². The minimum absolute atomic E-state index is 0.286. The third-order valence-corrected chi connectivity index (χ3v) is 7.17. The Hall–Kier alpha value is -5.88. The summed E-state index contributed by atoms with van der Waals surface area (Å²) in [5.74, 6) is 0.713. The highest BCUT2D eigenvalue weighted by atomic mass is 16.5. The quantitative estimate of drug-likeness (QED) is 0.178. The van der Waals surface area contributed by atoms with Crippen molar-refractivity contribution in [2.24, 2.45) is 15.7 Å². The molecule has 0 fully saturated rings. The molecule has 214 valence electrons. The van der Waals surface area contributed by atoms with Gasteiger partial charge in [-0.05, 0) is 59.7 Å². The van der Waals surface area contributed by atoms with Crippen LogP contribution < -0.4 is 10.5 Å². The van der Waals surface area contributed by atoms with Gasteiger partial charge < -0.3 is 10.5 Å². The van der Waals surface area contributed by atoms with Crippen molar-refractivity contribution in [2.75, 3.05) is 7.05 Å². The van der Waals surface area contributed by atoms with Crippen LogP contribution in [0.2, 0.25) is 0 Å². The molecule has 2 N–H and O–H groups in total. The maximum Gasteiger partial charge on any atom is 0.130 e. The molecule has 0 saturated carbocycles. The first-order valence-corrected chi connectivity index (χ1v) is 14.3. The van der Waals surface area contributed by atoms with Crippen LogP contribution in [0.25, 0.3) is 22.2 Å². The first-order chi connectivity index (χ1) is 21.7. The summed E-state index contributed by atoms with van der Waals surface area (Å²) < 4.78 is 6.20. The van der Waals surface area contributed by atoms with E-state index in [-0.39, 0.29) is 6.61 Å². The highest BCUT2D eigenvalue weighted by Gasteiger charge is 2.12. The van der Waals surface area contributed by atoms with Gasteiger partial charge in [-0.25, -0.2) is 9.98 Å². The molecule has 0 aliphatic heterocycles. The predicted molar refractivity (Wildman–Crippen MR) is 180 cm³/mol. The minimum Gasteiger partial charge on any atom is -0.487 e. The van der Waals surface area contributed by atoms with Gasteiger partial charge in [0.05, 0.1) is 22.6 Å². The van der Waals surface area contributed by atoms with Crippen LogP contribution in [0, 0.1) is 0 Å². The lowest BCUT2D eigenvalue weighted by Gasteiger charge is -2.12. The molecule has 44 heavy (non-hydrogen) atoms. The van der Waals surface area contributed by atoms with Crippen molar-refractivity contribution >= 4 is 39.8 Å². The van der Waals surface area contributed by atoms with Crippen molar-refractivity contribution in [1.82, 2.24) is 9.97 Å². The summed E-state index contributed by atoms with van der Waals surface area (Å²) in [7, 11) is 1.73. The first-order valence-electron chi connectivity index (χ1n) is 14.3. The fraction of sp³-hybridized carbons (Fsp3) is 0.0526. The van der Waals surface area contributed by atoms with Crippen LogP contribution >= 0.6 is 0 Å². The summed E-state index contributed by atoms with van der Waals surface area (Å²) in [5, 5.41) is 0.979. The second kappa shape index (κ2) is 13.4. The van der Waals surface area contributed by atoms with Gasteiger partial charge in [-0.1, -0.05) is 78.9 Å². The number of pyridine rings is 2. The lowest BCUT2D eigenvalue weighted by molar-refractivity contribution is 0.302. The van der Waals surface area contributed by atoms with Gasteiger partial charge in [0, 0.05) is 53.4 Å². The van der Waals surface area contributed by atoms with Crippen LogP contribution in [0.15, 0.2) is 150 Å². The van der Waals surface area contributed by atoms with Crippen LogP contribution in [0.4, 0.5) is 5.69 Å². The molecule has 6 nitrogen and oxygen atoms in total. The largest absolute Gasteiger partial charge is 0.487 e. The zero-order chi connectivity index (χ0) is 30.1. The Morgan fingerprint density at radius 3 is 2.02 bits per heavy atom. The number of para-hydroxylation sites is 1. The number of fused-ring (bicyclic) bond motifs is 1. The molecule has 0 atom stereocenters. The van der Waals surface area contributed by atoms with E-state index in [0.29, 0.717) is 11.4 Å². The maximum atomic E-state index is 6.57. The molecule has 0 spiro atoms. The van der Waals surface area contributed by atoms with E-state index in [4.69, 9.17) is 20.4 Å². The van der Waals surface area contributed by atoms with E-state index in [1.165, 1.54) is 0 Å². The van der Waals surface area contributed by atoms with E-state index in [9.17, 15) is 0 Å². The average Bonchev–Trinajstić information content (AvgIpc) is 3.09. The zero-order valence-corrected chi connectivity index (χ0v) is 24.3. The predicted octanol–water partition coefficient (Wildman–Crippen LogP) is 7.91. The van der Waals surface area contributed by atoms with E-state index in [2.05, 4.69) is 40.3 Å². The van der Waals surface area contributed by atoms with Gasteiger partial charge in [0.25, 0.3) is 0 Å². The van der Waals surface area contributed by atoms with E-state index < -0.39 is 0 Å². The van der Waals surface area contributed by atoms with Crippen molar-refractivity contribution < 1.29 is 4.74 Å². The number of ether oxygens (including phenoxy) is 1.